The Labute approximate surface area is 128 Å². The maximum Gasteiger partial charge on any atom is 0.0521 e. The highest BCUT2D eigenvalue weighted by Crippen LogP contribution is 2.13. The van der Waals surface area contributed by atoms with Crippen LogP contribution in [0.5, 0.6) is 0 Å². The fraction of sp³-hybridized carbons (Fsp3) is 0.500. The van der Waals surface area contributed by atoms with Gasteiger partial charge in [-0.15, -0.1) is 0 Å². The molecule has 0 radical (unpaired) electrons. The predicted molar refractivity (Wildman–Crippen MR) is 88.5 cm³/mol. The van der Waals surface area contributed by atoms with Crippen molar-refractivity contribution in [2.75, 3.05) is 6.54 Å². The first-order chi connectivity index (χ1) is 10.2. The molecule has 3 heteroatoms. The van der Waals surface area contributed by atoms with Crippen molar-refractivity contribution in [1.82, 2.24) is 15.1 Å². The lowest BCUT2D eigenvalue weighted by Crippen LogP contribution is -2.32. The molecule has 0 bridgehead atoms. The van der Waals surface area contributed by atoms with E-state index in [2.05, 4.69) is 54.7 Å². The number of nitrogens with zero attached hydrogens (tertiary/aromatic N) is 2. The van der Waals surface area contributed by atoms with Crippen molar-refractivity contribution in [3.8, 4) is 0 Å². The highest BCUT2D eigenvalue weighted by molar-refractivity contribution is 5.26. The molecule has 2 aromatic rings. The molecule has 0 aliphatic heterocycles. The molecular formula is C18H27N3. The van der Waals surface area contributed by atoms with Crippen molar-refractivity contribution in [3.05, 3.63) is 53.3 Å². The van der Waals surface area contributed by atoms with Crippen molar-refractivity contribution < 1.29 is 0 Å². The minimum atomic E-state index is 0.534. The molecule has 0 fully saturated rings. The number of benzene rings is 1. The molecule has 1 aromatic heterocycles. The second kappa shape index (κ2) is 7.99. The van der Waals surface area contributed by atoms with E-state index in [0.29, 0.717) is 6.04 Å². The Hall–Kier alpha value is -1.61. The first-order valence-electron chi connectivity index (χ1n) is 7.94. The first kappa shape index (κ1) is 15.8. The largest absolute Gasteiger partial charge is 0.314 e. The van der Waals surface area contributed by atoms with Crippen LogP contribution in [0.4, 0.5) is 0 Å². The summed E-state index contributed by atoms with van der Waals surface area (Å²) in [5, 5.41) is 7.95. The van der Waals surface area contributed by atoms with Gasteiger partial charge in [-0.25, -0.2) is 0 Å². The minimum absolute atomic E-state index is 0.534. The molecule has 1 unspecified atom stereocenters. The Balaban J connectivity index is 1.95. The highest BCUT2D eigenvalue weighted by Gasteiger charge is 2.11. The first-order valence-corrected chi connectivity index (χ1v) is 7.94. The van der Waals surface area contributed by atoms with Crippen LogP contribution >= 0.6 is 0 Å². The van der Waals surface area contributed by atoms with Crippen molar-refractivity contribution in [1.29, 1.82) is 0 Å². The summed E-state index contributed by atoms with van der Waals surface area (Å²) < 4.78 is 1.88. The van der Waals surface area contributed by atoms with Crippen LogP contribution in [0.25, 0.3) is 0 Å². The average Bonchev–Trinajstić information content (AvgIpc) is 2.89. The van der Waals surface area contributed by atoms with E-state index in [1.165, 1.54) is 23.1 Å². The van der Waals surface area contributed by atoms with E-state index in [1.54, 1.807) is 0 Å². The molecule has 2 rings (SSSR count). The number of hydrogen-bond acceptors (Lipinski definition) is 2. The summed E-state index contributed by atoms with van der Waals surface area (Å²) in [7, 11) is 1.98. The van der Waals surface area contributed by atoms with Gasteiger partial charge in [-0.1, -0.05) is 31.2 Å². The van der Waals surface area contributed by atoms with Crippen LogP contribution in [0.15, 0.2) is 36.7 Å². The monoisotopic (exact) mass is 285 g/mol. The Morgan fingerprint density at radius 1 is 1.29 bits per heavy atom. The molecule has 0 saturated heterocycles. The highest BCUT2D eigenvalue weighted by atomic mass is 15.2. The van der Waals surface area contributed by atoms with Crippen molar-refractivity contribution in [2.45, 2.75) is 45.6 Å². The van der Waals surface area contributed by atoms with Gasteiger partial charge in [0.25, 0.3) is 0 Å². The van der Waals surface area contributed by atoms with Crippen LogP contribution in [0.2, 0.25) is 0 Å². The number of aryl methyl sites for hydroxylation is 3. The average molecular weight is 285 g/mol. The Bertz CT molecular complexity index is 545. The van der Waals surface area contributed by atoms with Crippen molar-refractivity contribution >= 4 is 0 Å². The van der Waals surface area contributed by atoms with Crippen molar-refractivity contribution in [2.24, 2.45) is 7.05 Å². The van der Waals surface area contributed by atoms with Crippen LogP contribution in [0.1, 0.15) is 36.5 Å². The zero-order chi connectivity index (χ0) is 15.1. The molecule has 0 aliphatic carbocycles. The Morgan fingerprint density at radius 3 is 2.76 bits per heavy atom. The number of aromatic nitrogens is 2. The summed E-state index contributed by atoms with van der Waals surface area (Å²) >= 11 is 0. The zero-order valence-electron chi connectivity index (χ0n) is 13.5. The zero-order valence-corrected chi connectivity index (χ0v) is 13.5. The molecule has 0 amide bonds. The Morgan fingerprint density at radius 2 is 2.10 bits per heavy atom. The van der Waals surface area contributed by atoms with Gasteiger partial charge < -0.3 is 5.32 Å². The molecule has 1 heterocycles. The standard InChI is InChI=1S/C18H27N3/c1-4-11-19-18(10-9-16-13-20-21(3)14-16)12-17-8-6-5-7-15(17)2/h5-8,13-14,18-19H,4,9-12H2,1-3H3. The predicted octanol–water partition coefficient (Wildman–Crippen LogP) is 3.27. The van der Waals surface area contributed by atoms with Gasteiger partial charge in [0.1, 0.15) is 0 Å². The lowest BCUT2D eigenvalue weighted by atomic mass is 9.97. The third-order valence-electron chi connectivity index (χ3n) is 3.95. The number of hydrogen-bond donors (Lipinski definition) is 1. The van der Waals surface area contributed by atoms with Crippen LogP contribution in [-0.4, -0.2) is 22.4 Å². The summed E-state index contributed by atoms with van der Waals surface area (Å²) in [4.78, 5) is 0. The molecular weight excluding hydrogens is 258 g/mol. The number of rotatable bonds is 8. The van der Waals surface area contributed by atoms with Gasteiger partial charge in [0.2, 0.25) is 0 Å². The van der Waals surface area contributed by atoms with Gasteiger partial charge in [0.15, 0.2) is 0 Å². The van der Waals surface area contributed by atoms with Crippen LogP contribution in [0.3, 0.4) is 0 Å². The second-order valence-electron chi connectivity index (χ2n) is 5.84. The normalized spacial score (nSPS) is 12.5. The Kier molecular flexibility index (Phi) is 6.00. The van der Waals surface area contributed by atoms with Crippen LogP contribution in [-0.2, 0) is 19.9 Å². The van der Waals surface area contributed by atoms with Gasteiger partial charge >= 0.3 is 0 Å². The smallest absolute Gasteiger partial charge is 0.0521 e. The van der Waals surface area contributed by atoms with Crippen molar-refractivity contribution in [3.63, 3.8) is 0 Å². The SMILES string of the molecule is CCCNC(CCc1cnn(C)c1)Cc1ccccc1C. The molecule has 0 aliphatic rings. The second-order valence-corrected chi connectivity index (χ2v) is 5.84. The lowest BCUT2D eigenvalue weighted by molar-refractivity contribution is 0.477. The van der Waals surface area contributed by atoms with Gasteiger partial charge in [-0.05, 0) is 55.8 Å². The molecule has 1 N–H and O–H groups in total. The summed E-state index contributed by atoms with van der Waals surface area (Å²) in [6.45, 7) is 5.51. The molecule has 0 saturated carbocycles. The van der Waals surface area contributed by atoms with Gasteiger partial charge in [0.05, 0.1) is 6.20 Å². The molecule has 114 valence electrons. The maximum atomic E-state index is 4.25. The van der Waals surface area contributed by atoms with E-state index in [0.717, 1.165) is 25.8 Å². The fourth-order valence-electron chi connectivity index (χ4n) is 2.67. The molecule has 3 nitrogen and oxygen atoms in total. The summed E-state index contributed by atoms with van der Waals surface area (Å²) in [5.41, 5.74) is 4.17. The third kappa shape index (κ3) is 5.01. The lowest BCUT2D eigenvalue weighted by Gasteiger charge is -2.19. The van der Waals surface area contributed by atoms with E-state index in [9.17, 15) is 0 Å². The fourth-order valence-corrected chi connectivity index (χ4v) is 2.67. The maximum absolute atomic E-state index is 4.25. The topological polar surface area (TPSA) is 29.9 Å². The summed E-state index contributed by atoms with van der Waals surface area (Å²) in [6, 6.07) is 9.24. The van der Waals surface area contributed by atoms with Crippen LogP contribution in [0, 0.1) is 6.92 Å². The van der Waals surface area contributed by atoms with E-state index in [1.807, 2.05) is 17.9 Å². The van der Waals surface area contributed by atoms with E-state index >= 15 is 0 Å². The quantitative estimate of drug-likeness (QED) is 0.806. The molecule has 1 aromatic carbocycles. The van der Waals surface area contributed by atoms with Gasteiger partial charge in [0, 0.05) is 19.3 Å². The van der Waals surface area contributed by atoms with E-state index in [-0.39, 0.29) is 0 Å². The minimum Gasteiger partial charge on any atom is -0.314 e. The van der Waals surface area contributed by atoms with Crippen LogP contribution < -0.4 is 5.32 Å². The van der Waals surface area contributed by atoms with E-state index < -0.39 is 0 Å². The van der Waals surface area contributed by atoms with Gasteiger partial charge in [-0.2, -0.15) is 5.10 Å². The molecule has 21 heavy (non-hydrogen) atoms. The molecule has 1 atom stereocenters. The third-order valence-corrected chi connectivity index (χ3v) is 3.95. The summed E-state index contributed by atoms with van der Waals surface area (Å²) in [6.07, 6.45) is 8.61. The van der Waals surface area contributed by atoms with E-state index in [4.69, 9.17) is 0 Å². The van der Waals surface area contributed by atoms with Gasteiger partial charge in [-0.3, -0.25) is 4.68 Å². The number of nitrogens with one attached hydrogen (secondary N) is 1. The summed E-state index contributed by atoms with van der Waals surface area (Å²) in [5.74, 6) is 0. The molecule has 0 spiro atoms.